The molecule has 15 heavy (non-hydrogen) atoms. The molecule has 6 nitrogen and oxygen atoms in total. The first-order chi connectivity index (χ1) is 7.29. The molecule has 5 N–H and O–H groups in total. The van der Waals surface area contributed by atoms with Crippen molar-refractivity contribution in [1.82, 2.24) is 15.2 Å². The number of nitrogens with zero attached hydrogens (tertiary/aromatic N) is 2. The highest BCUT2D eigenvalue weighted by Crippen LogP contribution is 2.31. The normalized spacial score (nSPS) is 25.7. The summed E-state index contributed by atoms with van der Waals surface area (Å²) in [6, 6.07) is 0. The van der Waals surface area contributed by atoms with Gasteiger partial charge in [0.1, 0.15) is 0 Å². The summed E-state index contributed by atoms with van der Waals surface area (Å²) in [6.07, 6.45) is 3.49. The van der Waals surface area contributed by atoms with Crippen molar-refractivity contribution in [2.24, 2.45) is 11.8 Å². The highest BCUT2D eigenvalue weighted by atomic mass is 16.3. The molecule has 0 radical (unpaired) electrons. The summed E-state index contributed by atoms with van der Waals surface area (Å²) >= 11 is 0. The lowest BCUT2D eigenvalue weighted by Crippen LogP contribution is -2.21. The number of aliphatic hydroxyl groups excluding tert-OH is 1. The molecule has 6 heteroatoms. The third-order valence-electron chi connectivity index (χ3n) is 3.08. The van der Waals surface area contributed by atoms with Gasteiger partial charge in [-0.25, -0.2) is 5.10 Å². The number of H-pyrrole nitrogens is 1. The van der Waals surface area contributed by atoms with Crippen molar-refractivity contribution in [3.8, 4) is 0 Å². The topological polar surface area (TPSA) is 99.8 Å². The van der Waals surface area contributed by atoms with Gasteiger partial charge in [0.2, 0.25) is 11.9 Å². The number of aromatic amines is 1. The number of aromatic nitrogens is 3. The number of hydrogen-bond donors (Lipinski definition) is 4. The maximum Gasteiger partial charge on any atom is 0.243 e. The summed E-state index contributed by atoms with van der Waals surface area (Å²) in [6.45, 7) is 1.09. The predicted molar refractivity (Wildman–Crippen MR) is 57.2 cm³/mol. The van der Waals surface area contributed by atoms with Crippen LogP contribution in [-0.4, -0.2) is 33.4 Å². The van der Waals surface area contributed by atoms with Gasteiger partial charge in [-0.15, -0.1) is 5.10 Å². The number of nitrogens with one attached hydrogen (secondary N) is 2. The molecule has 0 aliphatic heterocycles. The summed E-state index contributed by atoms with van der Waals surface area (Å²) in [7, 11) is 0. The molecular weight excluding hydrogens is 194 g/mol. The molecule has 1 heterocycles. The van der Waals surface area contributed by atoms with Crippen LogP contribution in [-0.2, 0) is 0 Å². The van der Waals surface area contributed by atoms with Crippen molar-refractivity contribution in [3.05, 3.63) is 0 Å². The molecule has 84 valence electrons. The number of hydrogen-bond acceptors (Lipinski definition) is 5. The van der Waals surface area contributed by atoms with Crippen molar-refractivity contribution < 1.29 is 5.11 Å². The van der Waals surface area contributed by atoms with Crippen LogP contribution in [0.2, 0.25) is 0 Å². The second kappa shape index (κ2) is 4.48. The Morgan fingerprint density at radius 2 is 2.27 bits per heavy atom. The molecular formula is C9H17N5O. The standard InChI is InChI=1S/C9H17N5O/c10-8-12-9(14-13-8)11-4-6-2-1-3-7(6)5-15/h6-7,15H,1-5H2,(H4,10,11,12,13,14). The fourth-order valence-electron chi connectivity index (χ4n) is 2.20. The van der Waals surface area contributed by atoms with Gasteiger partial charge in [-0.3, -0.25) is 0 Å². The molecule has 1 aromatic heterocycles. The van der Waals surface area contributed by atoms with Crippen molar-refractivity contribution in [1.29, 1.82) is 0 Å². The number of nitrogen functional groups attached to an aromatic ring is 1. The lowest BCUT2D eigenvalue weighted by molar-refractivity contribution is 0.199. The van der Waals surface area contributed by atoms with E-state index in [1.807, 2.05) is 0 Å². The fraction of sp³-hybridized carbons (Fsp3) is 0.778. The van der Waals surface area contributed by atoms with Crippen molar-refractivity contribution in [2.75, 3.05) is 24.2 Å². The van der Waals surface area contributed by atoms with E-state index in [0.717, 1.165) is 19.4 Å². The van der Waals surface area contributed by atoms with Gasteiger partial charge in [-0.1, -0.05) is 6.42 Å². The molecule has 0 saturated heterocycles. The van der Waals surface area contributed by atoms with Gasteiger partial charge in [-0.2, -0.15) is 4.98 Å². The zero-order valence-electron chi connectivity index (χ0n) is 8.61. The first-order valence-electron chi connectivity index (χ1n) is 5.32. The minimum Gasteiger partial charge on any atom is -0.396 e. The Morgan fingerprint density at radius 3 is 2.93 bits per heavy atom. The monoisotopic (exact) mass is 211 g/mol. The number of rotatable bonds is 4. The Labute approximate surface area is 88.3 Å². The predicted octanol–water partition coefficient (Wildman–Crippen LogP) is 0.207. The van der Waals surface area contributed by atoms with Gasteiger partial charge in [0.05, 0.1) is 0 Å². The zero-order chi connectivity index (χ0) is 10.7. The molecule has 1 fully saturated rings. The Balaban J connectivity index is 1.82. The molecule has 1 aliphatic rings. The van der Waals surface area contributed by atoms with Crippen LogP contribution >= 0.6 is 0 Å². The molecule has 1 aromatic rings. The smallest absolute Gasteiger partial charge is 0.243 e. The Hall–Kier alpha value is -1.30. The van der Waals surface area contributed by atoms with E-state index in [1.165, 1.54) is 6.42 Å². The molecule has 0 amide bonds. The van der Waals surface area contributed by atoms with Crippen LogP contribution < -0.4 is 11.1 Å². The van der Waals surface area contributed by atoms with Gasteiger partial charge < -0.3 is 16.2 Å². The largest absolute Gasteiger partial charge is 0.396 e. The van der Waals surface area contributed by atoms with Crippen LogP contribution in [0.15, 0.2) is 0 Å². The average molecular weight is 211 g/mol. The highest BCUT2D eigenvalue weighted by molar-refractivity contribution is 5.29. The lowest BCUT2D eigenvalue weighted by atomic mass is 9.97. The third kappa shape index (κ3) is 2.38. The maximum atomic E-state index is 9.15. The number of nitrogens with two attached hydrogens (primary N) is 1. The minimum atomic E-state index is 0.280. The molecule has 1 saturated carbocycles. The van der Waals surface area contributed by atoms with Crippen molar-refractivity contribution >= 4 is 11.9 Å². The van der Waals surface area contributed by atoms with E-state index in [4.69, 9.17) is 10.8 Å². The van der Waals surface area contributed by atoms with Crippen LogP contribution in [0.1, 0.15) is 19.3 Å². The van der Waals surface area contributed by atoms with E-state index < -0.39 is 0 Å². The second-order valence-electron chi connectivity index (χ2n) is 4.06. The second-order valence-corrected chi connectivity index (χ2v) is 4.06. The van der Waals surface area contributed by atoms with Crippen LogP contribution in [0.4, 0.5) is 11.9 Å². The minimum absolute atomic E-state index is 0.280. The van der Waals surface area contributed by atoms with Gasteiger partial charge in [-0.05, 0) is 24.7 Å². The van der Waals surface area contributed by atoms with Gasteiger partial charge >= 0.3 is 0 Å². The van der Waals surface area contributed by atoms with E-state index in [0.29, 0.717) is 23.7 Å². The van der Waals surface area contributed by atoms with Crippen LogP contribution in [0.3, 0.4) is 0 Å². The van der Waals surface area contributed by atoms with Crippen molar-refractivity contribution in [3.63, 3.8) is 0 Å². The molecule has 2 atom stereocenters. The third-order valence-corrected chi connectivity index (χ3v) is 3.08. The Morgan fingerprint density at radius 1 is 1.47 bits per heavy atom. The molecule has 2 rings (SSSR count). The van der Waals surface area contributed by atoms with E-state index >= 15 is 0 Å². The Kier molecular flexibility index (Phi) is 3.05. The Bertz CT molecular complexity index is 313. The van der Waals surface area contributed by atoms with Crippen LogP contribution in [0.5, 0.6) is 0 Å². The summed E-state index contributed by atoms with van der Waals surface area (Å²) in [4.78, 5) is 3.96. The average Bonchev–Trinajstić information content (AvgIpc) is 2.83. The van der Waals surface area contributed by atoms with Crippen molar-refractivity contribution in [2.45, 2.75) is 19.3 Å². The SMILES string of the molecule is Nc1nc(NCC2CCCC2CO)n[nH]1. The van der Waals surface area contributed by atoms with Crippen LogP contribution in [0.25, 0.3) is 0 Å². The summed E-state index contributed by atoms with van der Waals surface area (Å²) in [5, 5.41) is 18.7. The molecule has 0 spiro atoms. The fourth-order valence-corrected chi connectivity index (χ4v) is 2.20. The van der Waals surface area contributed by atoms with E-state index in [2.05, 4.69) is 20.5 Å². The number of anilines is 2. The highest BCUT2D eigenvalue weighted by Gasteiger charge is 2.26. The summed E-state index contributed by atoms with van der Waals surface area (Å²) < 4.78 is 0. The molecule has 1 aliphatic carbocycles. The van der Waals surface area contributed by atoms with Gasteiger partial charge in [0, 0.05) is 13.2 Å². The first kappa shape index (κ1) is 10.2. The van der Waals surface area contributed by atoms with Gasteiger partial charge in [0.25, 0.3) is 0 Å². The number of aliphatic hydroxyl groups is 1. The molecule has 0 aromatic carbocycles. The molecule has 0 bridgehead atoms. The summed E-state index contributed by atoms with van der Waals surface area (Å²) in [5.74, 6) is 1.81. The van der Waals surface area contributed by atoms with E-state index in [-0.39, 0.29) is 6.61 Å². The van der Waals surface area contributed by atoms with E-state index in [9.17, 15) is 0 Å². The first-order valence-corrected chi connectivity index (χ1v) is 5.32. The van der Waals surface area contributed by atoms with Gasteiger partial charge in [0.15, 0.2) is 0 Å². The van der Waals surface area contributed by atoms with E-state index in [1.54, 1.807) is 0 Å². The quantitative estimate of drug-likeness (QED) is 0.570. The lowest BCUT2D eigenvalue weighted by Gasteiger charge is -2.16. The zero-order valence-corrected chi connectivity index (χ0v) is 8.61. The molecule has 2 unspecified atom stereocenters. The van der Waals surface area contributed by atoms with Crippen LogP contribution in [0, 0.1) is 11.8 Å². The maximum absolute atomic E-state index is 9.15. The summed E-state index contributed by atoms with van der Waals surface area (Å²) in [5.41, 5.74) is 5.41.